The molecule has 4 saturated carbocycles. The summed E-state index contributed by atoms with van der Waals surface area (Å²) in [6, 6.07) is 0. The predicted molar refractivity (Wildman–Crippen MR) is 74.6 cm³/mol. The summed E-state index contributed by atoms with van der Waals surface area (Å²) in [5.74, 6) is 4.34. The van der Waals surface area contributed by atoms with E-state index in [1.54, 1.807) is 0 Å². The number of hydrogen-bond donors (Lipinski definition) is 0. The fraction of sp³-hybridized carbons (Fsp3) is 0.938. The maximum atomic E-state index is 12.9. The summed E-state index contributed by atoms with van der Waals surface area (Å²) in [4.78, 5) is 17.4. The maximum absolute atomic E-state index is 12.9. The topological polar surface area (TPSA) is 23.6 Å². The number of rotatable bonds is 1. The molecule has 1 amide bonds. The summed E-state index contributed by atoms with van der Waals surface area (Å²) in [5.41, 5.74) is 0. The van der Waals surface area contributed by atoms with Crippen molar-refractivity contribution in [1.82, 2.24) is 9.80 Å². The van der Waals surface area contributed by atoms with Gasteiger partial charge in [-0.05, 0) is 62.8 Å². The number of carbonyl (C=O) groups excluding carboxylic acids is 1. The van der Waals surface area contributed by atoms with Crippen molar-refractivity contribution in [3.63, 3.8) is 0 Å². The van der Waals surface area contributed by atoms with Crippen LogP contribution in [0.1, 0.15) is 32.1 Å². The first-order valence-electron chi connectivity index (χ1n) is 8.18. The van der Waals surface area contributed by atoms with Crippen molar-refractivity contribution in [1.29, 1.82) is 0 Å². The van der Waals surface area contributed by atoms with E-state index in [1.165, 1.54) is 32.1 Å². The van der Waals surface area contributed by atoms with Crippen LogP contribution < -0.4 is 0 Å². The third kappa shape index (κ3) is 2.01. The van der Waals surface area contributed by atoms with Crippen molar-refractivity contribution < 1.29 is 4.79 Å². The van der Waals surface area contributed by atoms with E-state index in [-0.39, 0.29) is 0 Å². The number of amides is 1. The van der Waals surface area contributed by atoms with Crippen molar-refractivity contribution in [2.75, 3.05) is 33.2 Å². The van der Waals surface area contributed by atoms with Crippen molar-refractivity contribution in [2.24, 2.45) is 29.6 Å². The molecule has 4 bridgehead atoms. The van der Waals surface area contributed by atoms with E-state index in [4.69, 9.17) is 0 Å². The number of hydrogen-bond acceptors (Lipinski definition) is 2. The zero-order valence-electron chi connectivity index (χ0n) is 12.1. The van der Waals surface area contributed by atoms with Gasteiger partial charge in [-0.2, -0.15) is 0 Å². The monoisotopic (exact) mass is 262 g/mol. The molecule has 106 valence electrons. The van der Waals surface area contributed by atoms with E-state index in [1.807, 2.05) is 0 Å². The van der Waals surface area contributed by atoms with Gasteiger partial charge >= 0.3 is 0 Å². The minimum atomic E-state index is 0.399. The largest absolute Gasteiger partial charge is 0.340 e. The van der Waals surface area contributed by atoms with E-state index in [0.717, 1.165) is 49.9 Å². The molecule has 1 aliphatic heterocycles. The first-order chi connectivity index (χ1) is 9.20. The standard InChI is InChI=1S/C16H26N2O/c1-17-2-4-18(5-3-17)16(19)15-13-7-11-6-12(9-13)10-14(15)8-11/h11-15H,2-10H2,1H3. The van der Waals surface area contributed by atoms with Gasteiger partial charge in [0.05, 0.1) is 0 Å². The second-order valence-corrected chi connectivity index (χ2v) is 7.59. The lowest BCUT2D eigenvalue weighted by Crippen LogP contribution is -2.55. The van der Waals surface area contributed by atoms with Crippen LogP contribution in [0.15, 0.2) is 0 Å². The van der Waals surface area contributed by atoms with Crippen molar-refractivity contribution in [3.05, 3.63) is 0 Å². The second kappa shape index (κ2) is 4.47. The van der Waals surface area contributed by atoms with Gasteiger partial charge in [-0.1, -0.05) is 0 Å². The minimum Gasteiger partial charge on any atom is -0.340 e. The molecule has 1 saturated heterocycles. The molecule has 19 heavy (non-hydrogen) atoms. The second-order valence-electron chi connectivity index (χ2n) is 7.59. The van der Waals surface area contributed by atoms with E-state index < -0.39 is 0 Å². The smallest absolute Gasteiger partial charge is 0.226 e. The quantitative estimate of drug-likeness (QED) is 0.720. The van der Waals surface area contributed by atoms with Crippen LogP contribution in [0.2, 0.25) is 0 Å². The van der Waals surface area contributed by atoms with E-state index in [2.05, 4.69) is 16.8 Å². The Morgan fingerprint density at radius 2 is 1.37 bits per heavy atom. The Morgan fingerprint density at radius 3 is 1.89 bits per heavy atom. The molecule has 3 heteroatoms. The number of carbonyl (C=O) groups is 1. The van der Waals surface area contributed by atoms with E-state index in [9.17, 15) is 4.79 Å². The van der Waals surface area contributed by atoms with Gasteiger partial charge in [-0.25, -0.2) is 0 Å². The Balaban J connectivity index is 1.48. The average Bonchev–Trinajstić information content (AvgIpc) is 2.38. The molecule has 0 unspecified atom stereocenters. The van der Waals surface area contributed by atoms with Gasteiger partial charge in [0, 0.05) is 32.1 Å². The number of likely N-dealkylation sites (N-methyl/N-ethyl adjacent to an activating group) is 1. The minimum absolute atomic E-state index is 0.399. The molecule has 0 aromatic heterocycles. The Morgan fingerprint density at radius 1 is 0.842 bits per heavy atom. The molecule has 0 N–H and O–H groups in total. The van der Waals surface area contributed by atoms with Crippen LogP contribution in [0.4, 0.5) is 0 Å². The summed E-state index contributed by atoms with van der Waals surface area (Å²) in [6.45, 7) is 4.02. The van der Waals surface area contributed by atoms with Crippen LogP contribution in [-0.4, -0.2) is 48.9 Å². The summed E-state index contributed by atoms with van der Waals surface area (Å²) in [7, 11) is 2.16. The van der Waals surface area contributed by atoms with Gasteiger partial charge in [-0.3, -0.25) is 4.79 Å². The maximum Gasteiger partial charge on any atom is 0.226 e. The molecule has 5 aliphatic rings. The van der Waals surface area contributed by atoms with Crippen LogP contribution in [0.5, 0.6) is 0 Å². The Kier molecular flexibility index (Phi) is 2.87. The molecule has 0 aromatic carbocycles. The van der Waals surface area contributed by atoms with Gasteiger partial charge in [-0.15, -0.1) is 0 Å². The molecule has 0 radical (unpaired) electrons. The van der Waals surface area contributed by atoms with Crippen LogP contribution in [0, 0.1) is 29.6 Å². The first-order valence-corrected chi connectivity index (χ1v) is 8.18. The molecule has 0 atom stereocenters. The molecular weight excluding hydrogens is 236 g/mol. The predicted octanol–water partition coefficient (Wildman–Crippen LogP) is 1.83. The highest BCUT2D eigenvalue weighted by Gasteiger charge is 2.51. The summed E-state index contributed by atoms with van der Waals surface area (Å²) >= 11 is 0. The van der Waals surface area contributed by atoms with E-state index >= 15 is 0 Å². The number of piperazine rings is 1. The molecule has 1 heterocycles. The third-order valence-electron chi connectivity index (χ3n) is 6.33. The highest BCUT2D eigenvalue weighted by Crippen LogP contribution is 2.56. The molecule has 4 aliphatic carbocycles. The Labute approximate surface area is 116 Å². The zero-order valence-corrected chi connectivity index (χ0v) is 12.1. The van der Waals surface area contributed by atoms with Crippen molar-refractivity contribution in [2.45, 2.75) is 32.1 Å². The fourth-order valence-corrected chi connectivity index (χ4v) is 5.57. The normalized spacial score (nSPS) is 45.7. The van der Waals surface area contributed by atoms with Crippen molar-refractivity contribution >= 4 is 5.91 Å². The van der Waals surface area contributed by atoms with Gasteiger partial charge in [0.2, 0.25) is 5.91 Å². The van der Waals surface area contributed by atoms with Crippen LogP contribution >= 0.6 is 0 Å². The van der Waals surface area contributed by atoms with Gasteiger partial charge in [0.15, 0.2) is 0 Å². The van der Waals surface area contributed by atoms with Crippen LogP contribution in [0.3, 0.4) is 0 Å². The van der Waals surface area contributed by atoms with Gasteiger partial charge < -0.3 is 9.80 Å². The molecule has 3 nitrogen and oxygen atoms in total. The lowest BCUT2D eigenvalue weighted by atomic mass is 9.51. The Hall–Kier alpha value is -0.570. The summed E-state index contributed by atoms with van der Waals surface area (Å²) in [5, 5.41) is 0. The van der Waals surface area contributed by atoms with Crippen LogP contribution in [-0.2, 0) is 4.79 Å². The van der Waals surface area contributed by atoms with Gasteiger partial charge in [0.1, 0.15) is 0 Å². The Bertz CT molecular complexity index is 345. The van der Waals surface area contributed by atoms with E-state index in [0.29, 0.717) is 11.8 Å². The third-order valence-corrected chi connectivity index (χ3v) is 6.33. The van der Waals surface area contributed by atoms with Crippen LogP contribution in [0.25, 0.3) is 0 Å². The average molecular weight is 262 g/mol. The fourth-order valence-electron chi connectivity index (χ4n) is 5.57. The van der Waals surface area contributed by atoms with Gasteiger partial charge in [0.25, 0.3) is 0 Å². The molecular formula is C16H26N2O. The zero-order chi connectivity index (χ0) is 13.0. The lowest BCUT2D eigenvalue weighted by molar-refractivity contribution is -0.150. The highest BCUT2D eigenvalue weighted by molar-refractivity contribution is 5.80. The lowest BCUT2D eigenvalue weighted by Gasteiger charge is -2.54. The SMILES string of the molecule is CN1CCN(C(=O)C2C3CC4CC(C3)CC2C4)CC1. The first kappa shape index (κ1) is 12.2. The summed E-state index contributed by atoms with van der Waals surface area (Å²) in [6.07, 6.45) is 6.91. The molecule has 5 rings (SSSR count). The molecule has 5 fully saturated rings. The molecule has 0 spiro atoms. The highest BCUT2D eigenvalue weighted by atomic mass is 16.2. The van der Waals surface area contributed by atoms with Crippen molar-refractivity contribution in [3.8, 4) is 0 Å². The number of nitrogens with zero attached hydrogens (tertiary/aromatic N) is 2. The summed E-state index contributed by atoms with van der Waals surface area (Å²) < 4.78 is 0. The molecule has 0 aromatic rings.